The molecule has 1 N–H and O–H groups in total. The lowest BCUT2D eigenvalue weighted by molar-refractivity contribution is 0.0734. The zero-order valence-corrected chi connectivity index (χ0v) is 11.8. The summed E-state index contributed by atoms with van der Waals surface area (Å²) in [6, 6.07) is 14.9. The van der Waals surface area contributed by atoms with Gasteiger partial charge in [0.05, 0.1) is 5.56 Å². The Morgan fingerprint density at radius 2 is 1.95 bits per heavy atom. The molecule has 0 aliphatic heterocycles. The van der Waals surface area contributed by atoms with Gasteiger partial charge in [0, 0.05) is 18.3 Å². The molecule has 3 nitrogen and oxygen atoms in total. The maximum absolute atomic E-state index is 12.1. The minimum atomic E-state index is -0.323. The highest BCUT2D eigenvalue weighted by atomic mass is 16.5. The predicted octanol–water partition coefficient (Wildman–Crippen LogP) is 4.04. The third-order valence-electron chi connectivity index (χ3n) is 2.99. The Hall–Kier alpha value is -2.29. The maximum atomic E-state index is 12.1. The number of esters is 1. The van der Waals surface area contributed by atoms with Crippen molar-refractivity contribution in [2.75, 3.05) is 11.9 Å². The van der Waals surface area contributed by atoms with Crippen LogP contribution < -0.4 is 10.1 Å². The summed E-state index contributed by atoms with van der Waals surface area (Å²) >= 11 is 0. The summed E-state index contributed by atoms with van der Waals surface area (Å²) in [5, 5.41) is 3.27. The Morgan fingerprint density at radius 3 is 2.70 bits per heavy atom. The highest BCUT2D eigenvalue weighted by Crippen LogP contribution is 2.19. The highest BCUT2D eigenvalue weighted by Gasteiger charge is 2.10. The molecule has 20 heavy (non-hydrogen) atoms. The molecule has 2 aromatic carbocycles. The van der Waals surface area contributed by atoms with Gasteiger partial charge >= 0.3 is 5.97 Å². The zero-order chi connectivity index (χ0) is 14.4. The summed E-state index contributed by atoms with van der Waals surface area (Å²) in [5.74, 6) is 0.232. The zero-order valence-electron chi connectivity index (χ0n) is 11.8. The molecule has 0 saturated carbocycles. The first kappa shape index (κ1) is 14.1. The first-order valence-electron chi connectivity index (χ1n) is 6.82. The number of carbonyl (C=O) groups is 1. The number of hydrogen-bond donors (Lipinski definition) is 1. The molecule has 0 fully saturated rings. The molecule has 0 heterocycles. The van der Waals surface area contributed by atoms with Crippen molar-refractivity contribution in [3.8, 4) is 5.75 Å². The first-order chi connectivity index (χ1) is 9.70. The molecular formula is C17H19NO2. The van der Waals surface area contributed by atoms with Gasteiger partial charge in [0.1, 0.15) is 5.75 Å². The average molecular weight is 269 g/mol. The normalized spacial score (nSPS) is 10.1. The van der Waals surface area contributed by atoms with E-state index in [0.717, 1.165) is 24.2 Å². The van der Waals surface area contributed by atoms with E-state index >= 15 is 0 Å². The molecule has 0 radical (unpaired) electrons. The van der Waals surface area contributed by atoms with Crippen LogP contribution >= 0.6 is 0 Å². The van der Waals surface area contributed by atoms with Crippen molar-refractivity contribution in [3.05, 3.63) is 59.7 Å². The van der Waals surface area contributed by atoms with E-state index in [2.05, 4.69) is 12.2 Å². The van der Waals surface area contributed by atoms with Gasteiger partial charge in [0.25, 0.3) is 0 Å². The van der Waals surface area contributed by atoms with Crippen LogP contribution in [0.15, 0.2) is 48.5 Å². The monoisotopic (exact) mass is 269 g/mol. The second-order valence-corrected chi connectivity index (χ2v) is 4.66. The smallest absolute Gasteiger partial charge is 0.343 e. The number of anilines is 1. The van der Waals surface area contributed by atoms with Crippen molar-refractivity contribution in [1.82, 2.24) is 0 Å². The van der Waals surface area contributed by atoms with Crippen LogP contribution in [0, 0.1) is 6.92 Å². The fourth-order valence-electron chi connectivity index (χ4n) is 1.90. The van der Waals surface area contributed by atoms with Gasteiger partial charge in [0.15, 0.2) is 0 Å². The minimum absolute atomic E-state index is 0.323. The van der Waals surface area contributed by atoms with Crippen molar-refractivity contribution in [2.45, 2.75) is 20.3 Å². The molecule has 0 aromatic heterocycles. The molecule has 0 unspecified atom stereocenters. The number of benzene rings is 2. The third-order valence-corrected chi connectivity index (χ3v) is 2.99. The highest BCUT2D eigenvalue weighted by molar-refractivity contribution is 5.92. The van der Waals surface area contributed by atoms with Gasteiger partial charge in [-0.25, -0.2) is 4.79 Å². The number of aryl methyl sites for hydroxylation is 1. The summed E-state index contributed by atoms with van der Waals surface area (Å²) in [7, 11) is 0. The fourth-order valence-corrected chi connectivity index (χ4v) is 1.90. The largest absolute Gasteiger partial charge is 0.423 e. The van der Waals surface area contributed by atoms with Crippen molar-refractivity contribution < 1.29 is 9.53 Å². The van der Waals surface area contributed by atoms with Gasteiger partial charge in [-0.1, -0.05) is 31.2 Å². The van der Waals surface area contributed by atoms with E-state index < -0.39 is 0 Å². The van der Waals surface area contributed by atoms with Crippen LogP contribution in [-0.2, 0) is 0 Å². The molecule has 0 bridgehead atoms. The molecule has 2 rings (SSSR count). The summed E-state index contributed by atoms with van der Waals surface area (Å²) in [4.78, 5) is 12.1. The van der Waals surface area contributed by atoms with E-state index in [0.29, 0.717) is 11.3 Å². The maximum Gasteiger partial charge on any atom is 0.343 e. The Labute approximate surface area is 119 Å². The fraction of sp³-hybridized carbons (Fsp3) is 0.235. The predicted molar refractivity (Wildman–Crippen MR) is 81.4 cm³/mol. The van der Waals surface area contributed by atoms with E-state index in [-0.39, 0.29) is 5.97 Å². The van der Waals surface area contributed by atoms with Crippen molar-refractivity contribution in [1.29, 1.82) is 0 Å². The molecule has 0 spiro atoms. The van der Waals surface area contributed by atoms with E-state index in [1.54, 1.807) is 12.1 Å². The van der Waals surface area contributed by atoms with Crippen LogP contribution in [0.5, 0.6) is 5.75 Å². The van der Waals surface area contributed by atoms with Crippen LogP contribution in [-0.4, -0.2) is 12.5 Å². The van der Waals surface area contributed by atoms with E-state index in [9.17, 15) is 4.79 Å². The van der Waals surface area contributed by atoms with E-state index in [1.165, 1.54) is 0 Å². The van der Waals surface area contributed by atoms with Crippen LogP contribution in [0.25, 0.3) is 0 Å². The summed E-state index contributed by atoms with van der Waals surface area (Å²) in [6.45, 7) is 4.90. The van der Waals surface area contributed by atoms with Crippen molar-refractivity contribution in [2.24, 2.45) is 0 Å². The van der Waals surface area contributed by atoms with Gasteiger partial charge in [-0.2, -0.15) is 0 Å². The van der Waals surface area contributed by atoms with Crippen molar-refractivity contribution >= 4 is 11.7 Å². The Balaban J connectivity index is 2.10. The molecule has 0 atom stereocenters. The summed E-state index contributed by atoms with van der Waals surface area (Å²) in [6.07, 6.45) is 1.05. The molecule has 0 saturated heterocycles. The lowest BCUT2D eigenvalue weighted by atomic mass is 10.1. The molecule has 104 valence electrons. The SMILES string of the molecule is CCCNc1cccc(OC(=O)c2ccccc2C)c1. The number of ether oxygens (including phenoxy) is 1. The second-order valence-electron chi connectivity index (χ2n) is 4.66. The molecule has 0 aliphatic carbocycles. The number of carbonyl (C=O) groups excluding carboxylic acids is 1. The number of rotatable bonds is 5. The lowest BCUT2D eigenvalue weighted by Crippen LogP contribution is -2.10. The second kappa shape index (κ2) is 6.75. The Kier molecular flexibility index (Phi) is 4.77. The standard InChI is InChI=1S/C17H19NO2/c1-3-11-18-14-8-6-9-15(12-14)20-17(19)16-10-5-4-7-13(16)2/h4-10,12,18H,3,11H2,1-2H3. The average Bonchev–Trinajstić information content (AvgIpc) is 2.46. The van der Waals surface area contributed by atoms with Crippen molar-refractivity contribution in [3.63, 3.8) is 0 Å². The van der Waals surface area contributed by atoms with Crippen LogP contribution in [0.2, 0.25) is 0 Å². The third kappa shape index (κ3) is 3.60. The Bertz CT molecular complexity index is 593. The van der Waals surface area contributed by atoms with Gasteiger partial charge in [-0.3, -0.25) is 0 Å². The summed E-state index contributed by atoms with van der Waals surface area (Å²) in [5.41, 5.74) is 2.47. The molecular weight excluding hydrogens is 250 g/mol. The molecule has 2 aromatic rings. The molecule has 3 heteroatoms. The quantitative estimate of drug-likeness (QED) is 0.657. The summed E-state index contributed by atoms with van der Waals surface area (Å²) < 4.78 is 5.42. The molecule has 0 aliphatic rings. The van der Waals surface area contributed by atoms with Gasteiger partial charge < -0.3 is 10.1 Å². The van der Waals surface area contributed by atoms with Crippen LogP contribution in [0.3, 0.4) is 0 Å². The lowest BCUT2D eigenvalue weighted by Gasteiger charge is -2.09. The van der Waals surface area contributed by atoms with Crippen LogP contribution in [0.1, 0.15) is 29.3 Å². The minimum Gasteiger partial charge on any atom is -0.423 e. The number of nitrogens with one attached hydrogen (secondary N) is 1. The topological polar surface area (TPSA) is 38.3 Å². The first-order valence-corrected chi connectivity index (χ1v) is 6.82. The van der Waals surface area contributed by atoms with E-state index in [4.69, 9.17) is 4.74 Å². The van der Waals surface area contributed by atoms with Gasteiger partial charge in [-0.15, -0.1) is 0 Å². The molecule has 0 amide bonds. The van der Waals surface area contributed by atoms with Gasteiger partial charge in [-0.05, 0) is 37.1 Å². The van der Waals surface area contributed by atoms with Gasteiger partial charge in [0.2, 0.25) is 0 Å². The van der Waals surface area contributed by atoms with Crippen LogP contribution in [0.4, 0.5) is 5.69 Å². The number of hydrogen-bond acceptors (Lipinski definition) is 3. The Morgan fingerprint density at radius 1 is 1.15 bits per heavy atom. The van der Waals surface area contributed by atoms with E-state index in [1.807, 2.05) is 43.3 Å².